The molecular weight excluding hydrogens is 300 g/mol. The van der Waals surface area contributed by atoms with Gasteiger partial charge >= 0.3 is 0 Å². The summed E-state index contributed by atoms with van der Waals surface area (Å²) in [5.74, 6) is 1.12. The Balaban J connectivity index is 2.08. The zero-order valence-corrected chi connectivity index (χ0v) is 12.2. The number of aromatic nitrogens is 2. The Morgan fingerprint density at radius 1 is 1.41 bits per heavy atom. The van der Waals surface area contributed by atoms with Gasteiger partial charge in [-0.3, -0.25) is 0 Å². The minimum absolute atomic E-state index is 0.451. The van der Waals surface area contributed by atoms with Crippen LogP contribution in [0.5, 0.6) is 0 Å². The second-order valence-corrected chi connectivity index (χ2v) is 6.14. The molecule has 1 aromatic rings. The predicted octanol–water partition coefficient (Wildman–Crippen LogP) is 2.91. The summed E-state index contributed by atoms with van der Waals surface area (Å²) in [6.45, 7) is 0. The van der Waals surface area contributed by atoms with Gasteiger partial charge in [0.1, 0.15) is 10.4 Å². The number of rotatable bonds is 3. The van der Waals surface area contributed by atoms with Gasteiger partial charge in [-0.25, -0.2) is 4.98 Å². The van der Waals surface area contributed by atoms with E-state index in [2.05, 4.69) is 37.5 Å². The van der Waals surface area contributed by atoms with Crippen LogP contribution in [-0.4, -0.2) is 27.5 Å². The molecule has 1 saturated carbocycles. The van der Waals surface area contributed by atoms with Crippen molar-refractivity contribution in [3.8, 4) is 0 Å². The van der Waals surface area contributed by atoms with E-state index in [-0.39, 0.29) is 0 Å². The first-order chi connectivity index (χ1) is 8.19. The summed E-state index contributed by atoms with van der Waals surface area (Å²) in [5.41, 5.74) is 5.71. The quantitative estimate of drug-likeness (QED) is 0.839. The first-order valence-corrected chi connectivity index (χ1v) is 7.86. The van der Waals surface area contributed by atoms with Crippen molar-refractivity contribution < 1.29 is 0 Å². The fraction of sp³-hybridized carbons (Fsp3) is 0.636. The van der Waals surface area contributed by atoms with Crippen molar-refractivity contribution >= 4 is 39.5 Å². The molecule has 0 amide bonds. The minimum Gasteiger partial charge on any atom is -0.383 e. The van der Waals surface area contributed by atoms with Crippen LogP contribution in [0.3, 0.4) is 0 Å². The number of halogens is 1. The maximum absolute atomic E-state index is 5.71. The molecular formula is C11H17BrN4S. The lowest BCUT2D eigenvalue weighted by Crippen LogP contribution is -2.34. The van der Waals surface area contributed by atoms with E-state index in [0.717, 1.165) is 4.60 Å². The van der Waals surface area contributed by atoms with Gasteiger partial charge in [-0.15, -0.1) is 0 Å². The average Bonchev–Trinajstić information content (AvgIpc) is 2.28. The summed E-state index contributed by atoms with van der Waals surface area (Å²) < 4.78 is 0.726. The molecule has 2 atom stereocenters. The highest BCUT2D eigenvalue weighted by Crippen LogP contribution is 2.29. The molecule has 6 heteroatoms. The third kappa shape index (κ3) is 3.48. The highest BCUT2D eigenvalue weighted by atomic mass is 79.9. The molecule has 0 aromatic carbocycles. The molecule has 1 aliphatic rings. The molecule has 17 heavy (non-hydrogen) atoms. The number of nitrogens with two attached hydrogens (primary N) is 1. The van der Waals surface area contributed by atoms with Crippen LogP contribution in [0.25, 0.3) is 0 Å². The number of hydrogen-bond donors (Lipinski definition) is 2. The Labute approximate surface area is 114 Å². The summed E-state index contributed by atoms with van der Waals surface area (Å²) in [6.07, 6.45) is 7.22. The summed E-state index contributed by atoms with van der Waals surface area (Å²) in [4.78, 5) is 8.52. The fourth-order valence-electron chi connectivity index (χ4n) is 2.21. The number of anilines is 2. The van der Waals surface area contributed by atoms with Gasteiger partial charge in [-0.1, -0.05) is 12.8 Å². The normalized spacial score (nSPS) is 24.6. The predicted molar refractivity (Wildman–Crippen MR) is 77.3 cm³/mol. The average molecular weight is 317 g/mol. The van der Waals surface area contributed by atoms with Crippen molar-refractivity contribution in [3.63, 3.8) is 0 Å². The maximum Gasteiger partial charge on any atom is 0.225 e. The fourth-order valence-corrected chi connectivity index (χ4v) is 3.55. The standard InChI is InChI=1S/C11H17BrN4S/c1-17-8-5-3-2-4-7(8)14-11-15-9(12)6-10(13)16-11/h6-8H,2-5H2,1H3,(H3,13,14,15,16). The third-order valence-corrected chi connectivity index (χ3v) is 4.61. The smallest absolute Gasteiger partial charge is 0.225 e. The van der Waals surface area contributed by atoms with Gasteiger partial charge in [0, 0.05) is 17.4 Å². The number of nitrogen functional groups attached to an aromatic ring is 1. The molecule has 0 bridgehead atoms. The van der Waals surface area contributed by atoms with Crippen LogP contribution in [0.4, 0.5) is 11.8 Å². The van der Waals surface area contributed by atoms with Gasteiger partial charge in [0.25, 0.3) is 0 Å². The first kappa shape index (κ1) is 13.0. The van der Waals surface area contributed by atoms with Crippen LogP contribution in [0.15, 0.2) is 10.7 Å². The van der Waals surface area contributed by atoms with Gasteiger partial charge in [-0.05, 0) is 35.0 Å². The van der Waals surface area contributed by atoms with Gasteiger partial charge in [-0.2, -0.15) is 16.7 Å². The van der Waals surface area contributed by atoms with Gasteiger partial charge < -0.3 is 11.1 Å². The Bertz CT molecular complexity index is 367. The Hall–Kier alpha value is -0.490. The van der Waals surface area contributed by atoms with E-state index in [1.54, 1.807) is 6.07 Å². The van der Waals surface area contributed by atoms with Crippen LogP contribution in [0, 0.1) is 0 Å². The molecule has 3 N–H and O–H groups in total. The summed E-state index contributed by atoms with van der Waals surface area (Å²) in [6, 6.07) is 2.16. The van der Waals surface area contributed by atoms with Crippen molar-refractivity contribution in [1.82, 2.24) is 9.97 Å². The minimum atomic E-state index is 0.451. The van der Waals surface area contributed by atoms with E-state index in [1.807, 2.05) is 11.8 Å². The second kappa shape index (κ2) is 5.91. The van der Waals surface area contributed by atoms with Crippen molar-refractivity contribution in [1.29, 1.82) is 0 Å². The number of hydrogen-bond acceptors (Lipinski definition) is 5. The molecule has 1 heterocycles. The lowest BCUT2D eigenvalue weighted by molar-refractivity contribution is 0.473. The van der Waals surface area contributed by atoms with Crippen LogP contribution in [-0.2, 0) is 0 Å². The van der Waals surface area contributed by atoms with Gasteiger partial charge in [0.05, 0.1) is 0 Å². The molecule has 2 unspecified atom stereocenters. The zero-order chi connectivity index (χ0) is 12.3. The van der Waals surface area contributed by atoms with Crippen LogP contribution in [0.1, 0.15) is 25.7 Å². The number of nitrogens with zero attached hydrogens (tertiary/aromatic N) is 2. The van der Waals surface area contributed by atoms with E-state index >= 15 is 0 Å². The highest BCUT2D eigenvalue weighted by molar-refractivity contribution is 9.10. The van der Waals surface area contributed by atoms with E-state index < -0.39 is 0 Å². The largest absolute Gasteiger partial charge is 0.383 e. The van der Waals surface area contributed by atoms with Gasteiger partial charge in [0.2, 0.25) is 5.95 Å². The Kier molecular flexibility index (Phi) is 4.50. The molecule has 1 aromatic heterocycles. The highest BCUT2D eigenvalue weighted by Gasteiger charge is 2.24. The first-order valence-electron chi connectivity index (χ1n) is 5.78. The maximum atomic E-state index is 5.71. The summed E-state index contributed by atoms with van der Waals surface area (Å²) in [5, 5.41) is 4.06. The lowest BCUT2D eigenvalue weighted by atomic mass is 9.95. The Morgan fingerprint density at radius 2 is 2.18 bits per heavy atom. The van der Waals surface area contributed by atoms with E-state index in [9.17, 15) is 0 Å². The van der Waals surface area contributed by atoms with Crippen molar-refractivity contribution in [2.45, 2.75) is 37.0 Å². The third-order valence-electron chi connectivity index (χ3n) is 3.03. The van der Waals surface area contributed by atoms with E-state index in [1.165, 1.54) is 25.7 Å². The summed E-state index contributed by atoms with van der Waals surface area (Å²) in [7, 11) is 0. The number of nitrogens with one attached hydrogen (secondary N) is 1. The zero-order valence-electron chi connectivity index (χ0n) is 9.82. The molecule has 0 saturated heterocycles. The topological polar surface area (TPSA) is 63.8 Å². The molecule has 4 nitrogen and oxygen atoms in total. The molecule has 0 radical (unpaired) electrons. The Morgan fingerprint density at radius 3 is 2.88 bits per heavy atom. The number of thioether (sulfide) groups is 1. The molecule has 1 aliphatic carbocycles. The van der Waals surface area contributed by atoms with Crippen LogP contribution >= 0.6 is 27.7 Å². The molecule has 0 spiro atoms. The molecule has 1 fully saturated rings. The SMILES string of the molecule is CSC1CCCCC1Nc1nc(N)cc(Br)n1. The van der Waals surface area contributed by atoms with Gasteiger partial charge in [0.15, 0.2) is 0 Å². The molecule has 0 aliphatic heterocycles. The van der Waals surface area contributed by atoms with E-state index in [4.69, 9.17) is 5.73 Å². The van der Waals surface area contributed by atoms with Crippen LogP contribution < -0.4 is 11.1 Å². The summed E-state index contributed by atoms with van der Waals surface area (Å²) >= 11 is 5.25. The van der Waals surface area contributed by atoms with Crippen molar-refractivity contribution in [2.24, 2.45) is 0 Å². The van der Waals surface area contributed by atoms with E-state index in [0.29, 0.717) is 23.1 Å². The monoisotopic (exact) mass is 316 g/mol. The van der Waals surface area contributed by atoms with Crippen molar-refractivity contribution in [2.75, 3.05) is 17.3 Å². The lowest BCUT2D eigenvalue weighted by Gasteiger charge is -2.30. The van der Waals surface area contributed by atoms with Crippen LogP contribution in [0.2, 0.25) is 0 Å². The molecule has 2 rings (SSSR count). The van der Waals surface area contributed by atoms with Crippen molar-refractivity contribution in [3.05, 3.63) is 10.7 Å². The molecule has 94 valence electrons. The second-order valence-electron chi connectivity index (χ2n) is 4.25.